The van der Waals surface area contributed by atoms with Gasteiger partial charge in [0.15, 0.2) is 0 Å². The van der Waals surface area contributed by atoms with Crippen LogP contribution in [0.4, 0.5) is 5.69 Å². The molecule has 0 fully saturated rings. The lowest BCUT2D eigenvalue weighted by atomic mass is 10.1. The number of nitrogens with one attached hydrogen (secondary N) is 1. The lowest BCUT2D eigenvalue weighted by molar-refractivity contribution is 0.0600. The number of rotatable bonds is 5. The van der Waals surface area contributed by atoms with Crippen LogP contribution < -0.4 is 5.32 Å². The van der Waals surface area contributed by atoms with Crippen molar-refractivity contribution in [1.29, 1.82) is 0 Å². The van der Waals surface area contributed by atoms with Crippen LogP contribution in [0.2, 0.25) is 5.02 Å². The van der Waals surface area contributed by atoms with Crippen LogP contribution in [0.5, 0.6) is 0 Å². The molecule has 0 aliphatic rings. The van der Waals surface area contributed by atoms with E-state index < -0.39 is 21.9 Å². The van der Waals surface area contributed by atoms with Crippen molar-refractivity contribution in [2.45, 2.75) is 4.90 Å². The van der Waals surface area contributed by atoms with Crippen LogP contribution in [0.1, 0.15) is 20.7 Å². The fourth-order valence-corrected chi connectivity index (χ4v) is 3.16. The Balaban J connectivity index is 2.22. The predicted molar refractivity (Wildman–Crippen MR) is 98.1 cm³/mol. The maximum atomic E-state index is 12.3. The van der Waals surface area contributed by atoms with E-state index in [0.717, 1.165) is 4.31 Å². The fourth-order valence-electron chi connectivity index (χ4n) is 2.06. The zero-order chi connectivity index (χ0) is 19.5. The van der Waals surface area contributed by atoms with Crippen molar-refractivity contribution < 1.29 is 22.7 Å². The van der Waals surface area contributed by atoms with E-state index in [9.17, 15) is 18.0 Å². The molecule has 0 heterocycles. The molecule has 0 aliphatic heterocycles. The van der Waals surface area contributed by atoms with Gasteiger partial charge in [0.05, 0.1) is 22.6 Å². The minimum atomic E-state index is -3.57. The second-order valence-corrected chi connectivity index (χ2v) is 8.01. The van der Waals surface area contributed by atoms with E-state index >= 15 is 0 Å². The first-order valence-corrected chi connectivity index (χ1v) is 9.20. The summed E-state index contributed by atoms with van der Waals surface area (Å²) in [5.74, 6) is -1.08. The van der Waals surface area contributed by atoms with Gasteiger partial charge in [-0.25, -0.2) is 17.5 Å². The van der Waals surface area contributed by atoms with Crippen LogP contribution in [0.3, 0.4) is 0 Å². The molecule has 0 unspecified atom stereocenters. The Morgan fingerprint density at radius 3 is 2.23 bits per heavy atom. The Bertz CT molecular complexity index is 940. The lowest BCUT2D eigenvalue weighted by Gasteiger charge is -2.12. The zero-order valence-corrected chi connectivity index (χ0v) is 15.9. The highest BCUT2D eigenvalue weighted by Gasteiger charge is 2.18. The number of methoxy groups -OCH3 is 1. The molecule has 7 nitrogen and oxygen atoms in total. The molecule has 0 aromatic heterocycles. The zero-order valence-electron chi connectivity index (χ0n) is 14.3. The molecule has 0 bridgehead atoms. The molecule has 0 saturated heterocycles. The number of hydrogen-bond acceptors (Lipinski definition) is 5. The van der Waals surface area contributed by atoms with Gasteiger partial charge in [-0.3, -0.25) is 4.79 Å². The number of esters is 1. The van der Waals surface area contributed by atoms with Crippen molar-refractivity contribution in [3.63, 3.8) is 0 Å². The molecule has 0 radical (unpaired) electrons. The maximum Gasteiger partial charge on any atom is 0.339 e. The average molecular weight is 397 g/mol. The number of sulfonamides is 1. The van der Waals surface area contributed by atoms with E-state index in [4.69, 9.17) is 11.6 Å². The van der Waals surface area contributed by atoms with E-state index in [0.29, 0.717) is 5.69 Å². The highest BCUT2D eigenvalue weighted by atomic mass is 35.5. The van der Waals surface area contributed by atoms with E-state index in [1.807, 2.05) is 0 Å². The SMILES string of the molecule is COC(=O)c1cc(NC(=O)c2ccc(S(=O)(=O)N(C)C)cc2)ccc1Cl. The van der Waals surface area contributed by atoms with Gasteiger partial charge in [-0.05, 0) is 42.5 Å². The summed E-state index contributed by atoms with van der Waals surface area (Å²) in [5, 5.41) is 2.82. The monoisotopic (exact) mass is 396 g/mol. The van der Waals surface area contributed by atoms with Crippen molar-refractivity contribution in [3.8, 4) is 0 Å². The van der Waals surface area contributed by atoms with Crippen LogP contribution in [0.25, 0.3) is 0 Å². The van der Waals surface area contributed by atoms with Crippen LogP contribution in [-0.4, -0.2) is 45.8 Å². The lowest BCUT2D eigenvalue weighted by Crippen LogP contribution is -2.22. The van der Waals surface area contributed by atoms with Crippen LogP contribution in [0.15, 0.2) is 47.4 Å². The van der Waals surface area contributed by atoms with E-state index in [1.165, 1.54) is 63.7 Å². The van der Waals surface area contributed by atoms with Gasteiger partial charge in [0.25, 0.3) is 5.91 Å². The molecular formula is C17H17ClN2O5S. The van der Waals surface area contributed by atoms with Crippen LogP contribution >= 0.6 is 11.6 Å². The van der Waals surface area contributed by atoms with Gasteiger partial charge in [0.1, 0.15) is 0 Å². The summed E-state index contributed by atoms with van der Waals surface area (Å²) in [6, 6.07) is 9.92. The Morgan fingerprint density at radius 1 is 1.08 bits per heavy atom. The van der Waals surface area contributed by atoms with Gasteiger partial charge in [-0.2, -0.15) is 0 Å². The van der Waals surface area contributed by atoms with Crippen LogP contribution in [0, 0.1) is 0 Å². The van der Waals surface area contributed by atoms with Gasteiger partial charge in [-0.15, -0.1) is 0 Å². The number of hydrogen-bond donors (Lipinski definition) is 1. The molecule has 1 N–H and O–H groups in total. The normalized spacial score (nSPS) is 11.3. The number of carbonyl (C=O) groups excluding carboxylic acids is 2. The summed E-state index contributed by atoms with van der Waals surface area (Å²) >= 11 is 5.93. The minimum absolute atomic E-state index is 0.0820. The molecule has 9 heteroatoms. The molecule has 0 aliphatic carbocycles. The molecule has 0 spiro atoms. The summed E-state index contributed by atoms with van der Waals surface area (Å²) in [6.45, 7) is 0. The Morgan fingerprint density at radius 2 is 1.69 bits per heavy atom. The third kappa shape index (κ3) is 4.21. The molecule has 138 valence electrons. The number of carbonyl (C=O) groups is 2. The largest absolute Gasteiger partial charge is 0.465 e. The van der Waals surface area contributed by atoms with Crippen molar-refractivity contribution in [2.75, 3.05) is 26.5 Å². The highest BCUT2D eigenvalue weighted by Crippen LogP contribution is 2.22. The number of nitrogens with zero attached hydrogens (tertiary/aromatic N) is 1. The molecule has 2 aromatic rings. The van der Waals surface area contributed by atoms with Gasteiger partial charge in [0, 0.05) is 25.3 Å². The average Bonchev–Trinajstić information content (AvgIpc) is 2.62. The number of ether oxygens (including phenoxy) is 1. The molecular weight excluding hydrogens is 380 g/mol. The second kappa shape index (κ2) is 7.86. The molecule has 2 aromatic carbocycles. The van der Waals surface area contributed by atoms with Gasteiger partial charge in [-0.1, -0.05) is 11.6 Å². The summed E-state index contributed by atoms with van der Waals surface area (Å²) in [4.78, 5) is 24.1. The minimum Gasteiger partial charge on any atom is -0.465 e. The topological polar surface area (TPSA) is 92.8 Å². The molecule has 1 amide bonds. The first kappa shape index (κ1) is 19.9. The Labute approximate surface area is 156 Å². The Kier molecular flexibility index (Phi) is 6.01. The summed E-state index contributed by atoms with van der Waals surface area (Å²) in [5.41, 5.74) is 0.737. The summed E-state index contributed by atoms with van der Waals surface area (Å²) in [7, 11) is 0.516. The number of amides is 1. The predicted octanol–water partition coefficient (Wildman–Crippen LogP) is 2.63. The molecule has 26 heavy (non-hydrogen) atoms. The third-order valence-corrected chi connectivity index (χ3v) is 5.68. The van der Waals surface area contributed by atoms with Crippen molar-refractivity contribution in [2.24, 2.45) is 0 Å². The Hall–Kier alpha value is -2.42. The smallest absolute Gasteiger partial charge is 0.339 e. The van der Waals surface area contributed by atoms with E-state index in [1.54, 1.807) is 0 Å². The van der Waals surface area contributed by atoms with Crippen LogP contribution in [-0.2, 0) is 14.8 Å². The van der Waals surface area contributed by atoms with Crippen molar-refractivity contribution >= 4 is 39.2 Å². The number of halogens is 1. The van der Waals surface area contributed by atoms with Crippen molar-refractivity contribution in [1.82, 2.24) is 4.31 Å². The molecule has 0 saturated carbocycles. The first-order valence-electron chi connectivity index (χ1n) is 7.38. The standard InChI is InChI=1S/C17H17ClN2O5S/c1-20(2)26(23,24)13-7-4-11(5-8-13)16(21)19-12-6-9-15(18)14(10-12)17(22)25-3/h4-10H,1-3H3,(H,19,21). The third-order valence-electron chi connectivity index (χ3n) is 3.52. The summed E-state index contributed by atoms with van der Waals surface area (Å²) in [6.07, 6.45) is 0. The highest BCUT2D eigenvalue weighted by molar-refractivity contribution is 7.89. The number of benzene rings is 2. The van der Waals surface area contributed by atoms with Crippen molar-refractivity contribution in [3.05, 3.63) is 58.6 Å². The van der Waals surface area contributed by atoms with E-state index in [-0.39, 0.29) is 21.0 Å². The van der Waals surface area contributed by atoms with E-state index in [2.05, 4.69) is 10.1 Å². The number of anilines is 1. The quantitative estimate of drug-likeness (QED) is 0.784. The maximum absolute atomic E-state index is 12.3. The van der Waals surface area contributed by atoms with Gasteiger partial charge < -0.3 is 10.1 Å². The van der Waals surface area contributed by atoms with Gasteiger partial charge >= 0.3 is 5.97 Å². The second-order valence-electron chi connectivity index (χ2n) is 5.45. The van der Waals surface area contributed by atoms with Gasteiger partial charge in [0.2, 0.25) is 10.0 Å². The first-order chi connectivity index (χ1) is 12.2. The fraction of sp³-hybridized carbons (Fsp3) is 0.176. The summed E-state index contributed by atoms with van der Waals surface area (Å²) < 4.78 is 29.8. The molecule has 2 rings (SSSR count). The molecule has 0 atom stereocenters.